The minimum absolute atomic E-state index is 0.00163. The first-order chi connectivity index (χ1) is 17.2. The van der Waals surface area contributed by atoms with Gasteiger partial charge in [-0.15, -0.1) is 0 Å². The van der Waals surface area contributed by atoms with Crippen LogP contribution in [-0.4, -0.2) is 58.5 Å². The normalized spacial score (nSPS) is 16.6. The number of primary amides is 1. The zero-order valence-electron chi connectivity index (χ0n) is 19.6. The molecule has 1 amide bonds. The van der Waals surface area contributed by atoms with Gasteiger partial charge in [-0.25, -0.2) is 9.97 Å². The number of pyridine rings is 1. The van der Waals surface area contributed by atoms with Gasteiger partial charge in [-0.1, -0.05) is 0 Å². The van der Waals surface area contributed by atoms with Gasteiger partial charge in [-0.05, 0) is 55.0 Å². The lowest BCUT2D eigenvalue weighted by atomic mass is 10.1. The van der Waals surface area contributed by atoms with Gasteiger partial charge in [-0.3, -0.25) is 14.5 Å². The number of ether oxygens (including phenoxy) is 1. The van der Waals surface area contributed by atoms with E-state index in [1.165, 1.54) is 13.0 Å². The fourth-order valence-electron chi connectivity index (χ4n) is 4.61. The van der Waals surface area contributed by atoms with E-state index in [1.807, 2.05) is 4.90 Å². The number of rotatable bonds is 7. The van der Waals surface area contributed by atoms with Crippen LogP contribution in [0.4, 0.5) is 18.9 Å². The second kappa shape index (κ2) is 9.41. The van der Waals surface area contributed by atoms with Gasteiger partial charge in [0, 0.05) is 32.7 Å². The second-order valence-corrected chi connectivity index (χ2v) is 9.16. The molecular weight excluding hydrogens is 477 g/mol. The van der Waals surface area contributed by atoms with Crippen LogP contribution in [-0.2, 0) is 6.54 Å². The average molecular weight is 502 g/mol. The lowest BCUT2D eigenvalue weighted by Crippen LogP contribution is -2.46. The molecule has 3 heterocycles. The van der Waals surface area contributed by atoms with Crippen molar-refractivity contribution < 1.29 is 22.7 Å². The van der Waals surface area contributed by atoms with Crippen molar-refractivity contribution in [3.63, 3.8) is 0 Å². The summed E-state index contributed by atoms with van der Waals surface area (Å²) in [6.07, 6.45) is 1.84. The number of carbonyl (C=O) groups is 1. The summed E-state index contributed by atoms with van der Waals surface area (Å²) in [5, 5.41) is 0. The SMILES string of the molecule is Cc1nc2c(OC(F)F)cc(CN3CCN(c4cc(C5CC5)c(C(N)=O)nc4F)CC3)cc2[nH]c1=O. The number of nitrogens with zero attached hydrogens (tertiary/aromatic N) is 4. The molecule has 1 saturated carbocycles. The monoisotopic (exact) mass is 502 g/mol. The summed E-state index contributed by atoms with van der Waals surface area (Å²) in [4.78, 5) is 38.3. The van der Waals surface area contributed by atoms with E-state index in [2.05, 4.69) is 24.6 Å². The molecule has 36 heavy (non-hydrogen) atoms. The molecule has 0 atom stereocenters. The van der Waals surface area contributed by atoms with Crippen LogP contribution in [0, 0.1) is 12.9 Å². The molecule has 1 aliphatic heterocycles. The third-order valence-electron chi connectivity index (χ3n) is 6.56. The number of anilines is 1. The van der Waals surface area contributed by atoms with Gasteiger partial charge in [0.15, 0.2) is 5.75 Å². The van der Waals surface area contributed by atoms with Crippen LogP contribution in [0.15, 0.2) is 23.0 Å². The van der Waals surface area contributed by atoms with Crippen molar-refractivity contribution in [1.29, 1.82) is 0 Å². The van der Waals surface area contributed by atoms with E-state index in [1.54, 1.807) is 12.1 Å². The van der Waals surface area contributed by atoms with E-state index in [-0.39, 0.29) is 28.6 Å². The lowest BCUT2D eigenvalue weighted by molar-refractivity contribution is -0.0489. The van der Waals surface area contributed by atoms with Crippen molar-refractivity contribution >= 4 is 22.6 Å². The van der Waals surface area contributed by atoms with Crippen molar-refractivity contribution in [2.75, 3.05) is 31.1 Å². The van der Waals surface area contributed by atoms with Crippen LogP contribution in [0.25, 0.3) is 11.0 Å². The maximum Gasteiger partial charge on any atom is 0.387 e. The van der Waals surface area contributed by atoms with Crippen molar-refractivity contribution in [2.24, 2.45) is 5.73 Å². The fourth-order valence-corrected chi connectivity index (χ4v) is 4.61. The Morgan fingerprint density at radius 3 is 2.56 bits per heavy atom. The minimum atomic E-state index is -3.04. The smallest absolute Gasteiger partial charge is 0.387 e. The highest BCUT2D eigenvalue weighted by Gasteiger charge is 2.31. The topological polar surface area (TPSA) is 117 Å². The van der Waals surface area contributed by atoms with Crippen LogP contribution in [0.1, 0.15) is 46.1 Å². The zero-order chi connectivity index (χ0) is 25.6. The van der Waals surface area contributed by atoms with E-state index in [0.717, 1.165) is 12.8 Å². The Morgan fingerprint density at radius 2 is 1.92 bits per heavy atom. The lowest BCUT2D eigenvalue weighted by Gasteiger charge is -2.36. The molecule has 2 aliphatic rings. The second-order valence-electron chi connectivity index (χ2n) is 9.16. The van der Waals surface area contributed by atoms with Crippen molar-refractivity contribution in [2.45, 2.75) is 38.8 Å². The number of carbonyl (C=O) groups excluding carboxylic acids is 1. The molecule has 1 saturated heterocycles. The summed E-state index contributed by atoms with van der Waals surface area (Å²) in [5.74, 6) is -1.38. The molecule has 1 aromatic carbocycles. The fraction of sp³-hybridized carbons (Fsp3) is 0.417. The van der Waals surface area contributed by atoms with Crippen LogP contribution in [0.2, 0.25) is 0 Å². The Bertz CT molecular complexity index is 1380. The first-order valence-corrected chi connectivity index (χ1v) is 11.7. The summed E-state index contributed by atoms with van der Waals surface area (Å²) in [7, 11) is 0. The van der Waals surface area contributed by atoms with Crippen molar-refractivity contribution in [1.82, 2.24) is 19.9 Å². The van der Waals surface area contributed by atoms with Crippen molar-refractivity contribution in [3.05, 3.63) is 57.0 Å². The molecule has 0 unspecified atom stereocenters. The Labute approximate surface area is 204 Å². The molecule has 2 aromatic heterocycles. The van der Waals surface area contributed by atoms with Gasteiger partial charge < -0.3 is 20.4 Å². The molecule has 0 radical (unpaired) electrons. The Hall–Kier alpha value is -3.67. The minimum Gasteiger partial charge on any atom is -0.432 e. The zero-order valence-corrected chi connectivity index (χ0v) is 19.6. The number of nitrogens with two attached hydrogens (primary N) is 1. The van der Waals surface area contributed by atoms with Gasteiger partial charge in [-0.2, -0.15) is 13.2 Å². The number of aromatic amines is 1. The third kappa shape index (κ3) is 4.85. The first-order valence-electron chi connectivity index (χ1n) is 11.7. The molecular formula is C24H25F3N6O3. The molecule has 12 heteroatoms. The van der Waals surface area contributed by atoms with Gasteiger partial charge in [0.1, 0.15) is 16.9 Å². The predicted molar refractivity (Wildman–Crippen MR) is 126 cm³/mol. The summed E-state index contributed by atoms with van der Waals surface area (Å²) in [6, 6.07) is 4.89. The van der Waals surface area contributed by atoms with Gasteiger partial charge in [0.05, 0.1) is 11.2 Å². The molecule has 190 valence electrons. The number of aromatic nitrogens is 3. The summed E-state index contributed by atoms with van der Waals surface area (Å²) >= 11 is 0. The summed E-state index contributed by atoms with van der Waals surface area (Å²) in [6.45, 7) is 1.02. The van der Waals surface area contributed by atoms with Gasteiger partial charge in [0.25, 0.3) is 11.5 Å². The van der Waals surface area contributed by atoms with Gasteiger partial charge >= 0.3 is 6.61 Å². The van der Waals surface area contributed by atoms with E-state index in [4.69, 9.17) is 5.73 Å². The number of hydrogen-bond acceptors (Lipinski definition) is 7. The van der Waals surface area contributed by atoms with Crippen LogP contribution < -0.4 is 20.9 Å². The van der Waals surface area contributed by atoms with E-state index < -0.39 is 24.0 Å². The maximum atomic E-state index is 14.8. The molecule has 1 aliphatic carbocycles. The number of H-pyrrole nitrogens is 1. The average Bonchev–Trinajstić information content (AvgIpc) is 3.66. The molecule has 0 spiro atoms. The number of piperazine rings is 1. The number of aryl methyl sites for hydroxylation is 1. The highest BCUT2D eigenvalue weighted by Crippen LogP contribution is 2.43. The van der Waals surface area contributed by atoms with Crippen molar-refractivity contribution in [3.8, 4) is 5.75 Å². The third-order valence-corrected chi connectivity index (χ3v) is 6.56. The maximum absolute atomic E-state index is 14.8. The Kier molecular flexibility index (Phi) is 6.29. The molecule has 3 aromatic rings. The number of alkyl halides is 2. The highest BCUT2D eigenvalue weighted by atomic mass is 19.3. The summed E-state index contributed by atoms with van der Waals surface area (Å²) in [5.41, 5.74) is 7.33. The Morgan fingerprint density at radius 1 is 1.19 bits per heavy atom. The molecule has 2 fully saturated rings. The Balaban J connectivity index is 1.33. The first kappa shape index (κ1) is 24.0. The number of hydrogen-bond donors (Lipinski definition) is 2. The number of benzene rings is 1. The summed E-state index contributed by atoms with van der Waals surface area (Å²) < 4.78 is 45.5. The van der Waals surface area contributed by atoms with Crippen LogP contribution in [0.3, 0.4) is 0 Å². The van der Waals surface area contributed by atoms with Crippen LogP contribution in [0.5, 0.6) is 5.75 Å². The van der Waals surface area contributed by atoms with Gasteiger partial charge in [0.2, 0.25) is 5.95 Å². The number of nitrogens with one attached hydrogen (secondary N) is 1. The molecule has 9 nitrogen and oxygen atoms in total. The van der Waals surface area contributed by atoms with E-state index in [9.17, 15) is 22.8 Å². The number of amides is 1. The molecule has 5 rings (SSSR count). The van der Waals surface area contributed by atoms with E-state index in [0.29, 0.717) is 55.1 Å². The number of fused-ring (bicyclic) bond motifs is 1. The van der Waals surface area contributed by atoms with Crippen LogP contribution >= 0.6 is 0 Å². The largest absolute Gasteiger partial charge is 0.432 e. The molecule has 3 N–H and O–H groups in total. The number of halogens is 3. The highest BCUT2D eigenvalue weighted by molar-refractivity contribution is 5.93. The predicted octanol–water partition coefficient (Wildman–Crippen LogP) is 2.67. The van der Waals surface area contributed by atoms with E-state index >= 15 is 0 Å². The quantitative estimate of drug-likeness (QED) is 0.477. The standard InChI is InChI=1S/C24H25F3N6O3/c1-12-23(35)30-16-8-13(9-18(20(16)29-12)36-24(26)27)11-32-4-6-33(7-5-32)17-10-15(14-2-3-14)19(22(28)34)31-21(17)25/h8-10,14,24H,2-7,11H2,1H3,(H2,28,34)(H,30,35). The molecule has 0 bridgehead atoms.